The number of hydrogen-bond donors (Lipinski definition) is 1. The van der Waals surface area contributed by atoms with E-state index in [1.807, 2.05) is 50.3 Å². The number of Topliss-reactive ketones (excluding diaryl/α,β-unsaturated/α-hetero) is 1. The molecule has 0 aromatic heterocycles. The number of allylic oxidation sites excluding steroid dienone is 10. The molecular formula is C29H34O3. The van der Waals surface area contributed by atoms with Gasteiger partial charge in [0.25, 0.3) is 0 Å². The summed E-state index contributed by atoms with van der Waals surface area (Å²) in [5, 5.41) is 8.76. The maximum absolute atomic E-state index is 13.0. The van der Waals surface area contributed by atoms with E-state index in [4.69, 9.17) is 5.11 Å². The van der Waals surface area contributed by atoms with Crippen molar-refractivity contribution in [1.29, 1.82) is 0 Å². The van der Waals surface area contributed by atoms with Gasteiger partial charge >= 0.3 is 5.97 Å². The van der Waals surface area contributed by atoms with Crippen molar-refractivity contribution < 1.29 is 14.7 Å². The topological polar surface area (TPSA) is 54.4 Å². The number of carboxylic acids is 1. The van der Waals surface area contributed by atoms with Gasteiger partial charge in [-0.3, -0.25) is 4.79 Å². The second-order valence-electron chi connectivity index (χ2n) is 9.07. The van der Waals surface area contributed by atoms with Gasteiger partial charge in [0.2, 0.25) is 0 Å². The van der Waals surface area contributed by atoms with Crippen LogP contribution in [-0.2, 0) is 9.59 Å². The summed E-state index contributed by atoms with van der Waals surface area (Å²) in [6.45, 7) is 10.1. The minimum absolute atomic E-state index is 0.00526. The summed E-state index contributed by atoms with van der Waals surface area (Å²) in [6.07, 6.45) is 16.5. The zero-order chi connectivity index (χ0) is 23.7. The number of carbonyl (C=O) groups excluding carboxylic acids is 1. The van der Waals surface area contributed by atoms with Crippen molar-refractivity contribution in [2.45, 2.75) is 47.5 Å². The first-order valence-corrected chi connectivity index (χ1v) is 11.0. The lowest BCUT2D eigenvalue weighted by Crippen LogP contribution is -2.32. The molecule has 0 radical (unpaired) electrons. The molecule has 1 N–H and O–H groups in total. The highest BCUT2D eigenvalue weighted by molar-refractivity contribution is 5.99. The number of benzene rings is 1. The van der Waals surface area contributed by atoms with Crippen LogP contribution in [0.3, 0.4) is 0 Å². The Labute approximate surface area is 192 Å². The third kappa shape index (κ3) is 7.49. The molecule has 1 atom stereocenters. The smallest absolute Gasteiger partial charge is 0.328 e. The zero-order valence-corrected chi connectivity index (χ0v) is 19.8. The van der Waals surface area contributed by atoms with Crippen molar-refractivity contribution in [3.8, 4) is 0 Å². The van der Waals surface area contributed by atoms with E-state index >= 15 is 0 Å². The Morgan fingerprint density at radius 3 is 2.44 bits per heavy atom. The van der Waals surface area contributed by atoms with Crippen LogP contribution in [-0.4, -0.2) is 16.9 Å². The molecule has 1 aliphatic rings. The van der Waals surface area contributed by atoms with Crippen LogP contribution in [0.1, 0.15) is 53.0 Å². The summed E-state index contributed by atoms with van der Waals surface area (Å²) < 4.78 is 0. The molecule has 0 heterocycles. The Morgan fingerprint density at radius 2 is 1.78 bits per heavy atom. The number of carbonyl (C=O) groups is 2. The first kappa shape index (κ1) is 25.1. The molecule has 0 aliphatic heterocycles. The van der Waals surface area contributed by atoms with Crippen LogP contribution in [0, 0.1) is 11.3 Å². The quantitative estimate of drug-likeness (QED) is 0.353. The number of hydrogen-bond acceptors (Lipinski definition) is 2. The van der Waals surface area contributed by atoms with E-state index in [0.717, 1.165) is 35.1 Å². The summed E-state index contributed by atoms with van der Waals surface area (Å²) in [5.74, 6) is -0.712. The summed E-state index contributed by atoms with van der Waals surface area (Å²) in [6, 6.07) is 10.1. The third-order valence-electron chi connectivity index (χ3n) is 5.74. The van der Waals surface area contributed by atoms with E-state index in [2.05, 4.69) is 44.2 Å². The molecule has 0 spiro atoms. The SMILES string of the molecule is CC1=C(/C=C/C(C)=C/C=C/C(C)=C/C(=O)O)C(C)(C)C[C@H](C/C=C/c2ccccc2)C1=O. The minimum atomic E-state index is -0.951. The molecular weight excluding hydrogens is 396 g/mol. The monoisotopic (exact) mass is 430 g/mol. The van der Waals surface area contributed by atoms with Gasteiger partial charge in [0, 0.05) is 12.0 Å². The lowest BCUT2D eigenvalue weighted by atomic mass is 9.67. The van der Waals surface area contributed by atoms with Crippen LogP contribution in [0.4, 0.5) is 0 Å². The van der Waals surface area contributed by atoms with Gasteiger partial charge < -0.3 is 5.11 Å². The molecule has 0 fully saturated rings. The maximum Gasteiger partial charge on any atom is 0.328 e. The number of aliphatic carboxylic acids is 1. The standard InChI is InChI=1S/C29H34O3/c1-21(11-9-12-22(2)19-27(30)31)17-18-26-23(3)28(32)25(20-29(26,4)5)16-10-15-24-13-7-6-8-14-24/h6-15,17-19,25H,16,20H2,1-5H3,(H,30,31)/b12-9+,15-10+,18-17+,21-11+,22-19+/t25-/m0/s1. The lowest BCUT2D eigenvalue weighted by molar-refractivity contribution is -0.131. The van der Waals surface area contributed by atoms with Crippen LogP contribution in [0.15, 0.2) is 95.2 Å². The molecule has 2 rings (SSSR count). The van der Waals surface area contributed by atoms with E-state index in [1.54, 1.807) is 13.0 Å². The van der Waals surface area contributed by atoms with Crippen molar-refractivity contribution in [1.82, 2.24) is 0 Å². The lowest BCUT2D eigenvalue weighted by Gasteiger charge is -2.36. The van der Waals surface area contributed by atoms with Crippen LogP contribution < -0.4 is 0 Å². The van der Waals surface area contributed by atoms with Gasteiger partial charge in [0.1, 0.15) is 0 Å². The summed E-state index contributed by atoms with van der Waals surface area (Å²) in [5.41, 5.74) is 4.70. The van der Waals surface area contributed by atoms with Crippen LogP contribution in [0.25, 0.3) is 6.08 Å². The zero-order valence-electron chi connectivity index (χ0n) is 19.8. The van der Waals surface area contributed by atoms with Gasteiger partial charge in [-0.05, 0) is 61.3 Å². The largest absolute Gasteiger partial charge is 0.478 e. The Balaban J connectivity index is 2.12. The molecule has 168 valence electrons. The van der Waals surface area contributed by atoms with Crippen LogP contribution in [0.5, 0.6) is 0 Å². The Morgan fingerprint density at radius 1 is 1.09 bits per heavy atom. The summed E-state index contributed by atoms with van der Waals surface area (Å²) in [7, 11) is 0. The first-order valence-electron chi connectivity index (χ1n) is 11.0. The molecule has 0 saturated heterocycles. The van der Waals surface area contributed by atoms with E-state index in [0.29, 0.717) is 5.57 Å². The van der Waals surface area contributed by atoms with Crippen molar-refractivity contribution >= 4 is 17.8 Å². The molecule has 3 heteroatoms. The van der Waals surface area contributed by atoms with Crippen LogP contribution in [0.2, 0.25) is 0 Å². The molecule has 0 amide bonds. The molecule has 32 heavy (non-hydrogen) atoms. The molecule has 1 aromatic rings. The minimum Gasteiger partial charge on any atom is -0.478 e. The van der Waals surface area contributed by atoms with Crippen molar-refractivity contribution in [3.63, 3.8) is 0 Å². The second kappa shape index (κ2) is 11.4. The first-order chi connectivity index (χ1) is 15.1. The Bertz CT molecular complexity index is 1010. The second-order valence-corrected chi connectivity index (χ2v) is 9.07. The fourth-order valence-corrected chi connectivity index (χ4v) is 4.10. The van der Waals surface area contributed by atoms with Gasteiger partial charge in [-0.25, -0.2) is 4.79 Å². The van der Waals surface area contributed by atoms with Gasteiger partial charge in [0.05, 0.1) is 0 Å². The number of carboxylic acid groups (broad SMARTS) is 1. The average Bonchev–Trinajstić information content (AvgIpc) is 2.71. The van der Waals surface area contributed by atoms with Gasteiger partial charge in [0.15, 0.2) is 5.78 Å². The predicted octanol–water partition coefficient (Wildman–Crippen LogP) is 7.11. The average molecular weight is 431 g/mol. The predicted molar refractivity (Wildman–Crippen MR) is 133 cm³/mol. The van der Waals surface area contributed by atoms with Crippen LogP contribution >= 0.6 is 0 Å². The fraction of sp³-hybridized carbons (Fsp3) is 0.310. The molecule has 0 bridgehead atoms. The van der Waals surface area contributed by atoms with Gasteiger partial charge in [-0.15, -0.1) is 0 Å². The highest BCUT2D eigenvalue weighted by atomic mass is 16.4. The molecule has 1 aliphatic carbocycles. The highest BCUT2D eigenvalue weighted by Gasteiger charge is 2.36. The molecule has 0 saturated carbocycles. The molecule has 0 unspecified atom stereocenters. The van der Waals surface area contributed by atoms with Crippen molar-refractivity contribution in [3.05, 3.63) is 101 Å². The van der Waals surface area contributed by atoms with Gasteiger partial charge in [-0.2, -0.15) is 0 Å². The molecule has 1 aromatic carbocycles. The van der Waals surface area contributed by atoms with Crippen molar-refractivity contribution in [2.75, 3.05) is 0 Å². The van der Waals surface area contributed by atoms with Crippen molar-refractivity contribution in [2.24, 2.45) is 11.3 Å². The summed E-state index contributed by atoms with van der Waals surface area (Å²) in [4.78, 5) is 23.7. The maximum atomic E-state index is 13.0. The molecule has 3 nitrogen and oxygen atoms in total. The van der Waals surface area contributed by atoms with Gasteiger partial charge in [-0.1, -0.05) is 92.3 Å². The Hall–Kier alpha value is -3.20. The number of ketones is 1. The van der Waals surface area contributed by atoms with E-state index in [-0.39, 0.29) is 17.1 Å². The highest BCUT2D eigenvalue weighted by Crippen LogP contribution is 2.43. The number of rotatable bonds is 8. The van der Waals surface area contributed by atoms with E-state index in [1.165, 1.54) is 6.08 Å². The summed E-state index contributed by atoms with van der Waals surface area (Å²) >= 11 is 0. The third-order valence-corrected chi connectivity index (χ3v) is 5.74. The van der Waals surface area contributed by atoms with E-state index in [9.17, 15) is 9.59 Å². The van der Waals surface area contributed by atoms with E-state index < -0.39 is 5.97 Å². The fourth-order valence-electron chi connectivity index (χ4n) is 4.10. The Kier molecular flexibility index (Phi) is 8.95. The normalized spacial score (nSPS) is 20.2.